The molecule has 0 saturated heterocycles. The zero-order valence-corrected chi connectivity index (χ0v) is 9.17. The average Bonchev–Trinajstić information content (AvgIpc) is 2.79. The van der Waals surface area contributed by atoms with Crippen molar-refractivity contribution in [2.75, 3.05) is 13.7 Å². The molecule has 78 valence electrons. The van der Waals surface area contributed by atoms with Crippen LogP contribution in [0.5, 0.6) is 5.88 Å². The minimum absolute atomic E-state index is 0.542. The van der Waals surface area contributed by atoms with E-state index in [0.29, 0.717) is 19.0 Å². The van der Waals surface area contributed by atoms with Crippen LogP contribution in [0.3, 0.4) is 0 Å². The lowest BCUT2D eigenvalue weighted by molar-refractivity contribution is 0.393. The number of ether oxygens (including phenoxy) is 1. The number of rotatable bonds is 4. The van der Waals surface area contributed by atoms with E-state index in [1.807, 2.05) is 16.0 Å². The Morgan fingerprint density at radius 3 is 3.33 bits per heavy atom. The highest BCUT2D eigenvalue weighted by atomic mass is 32.1. The highest BCUT2D eigenvalue weighted by Gasteiger charge is 2.12. The van der Waals surface area contributed by atoms with E-state index in [2.05, 4.69) is 16.2 Å². The van der Waals surface area contributed by atoms with Crippen LogP contribution in [-0.4, -0.2) is 23.0 Å². The average molecular weight is 221 g/mol. The Labute approximate surface area is 91.9 Å². The van der Waals surface area contributed by atoms with E-state index in [-0.39, 0.29) is 0 Å². The molecule has 5 heteroatoms. The fraction of sp³-hybridized carbons (Fsp3) is 0.300. The van der Waals surface area contributed by atoms with Crippen LogP contribution >= 0.6 is 11.3 Å². The molecular formula is C10H11N3OS. The molecule has 0 fully saturated rings. The van der Waals surface area contributed by atoms with Crippen LogP contribution in [0, 0.1) is 12.3 Å². The van der Waals surface area contributed by atoms with Crippen molar-refractivity contribution in [3.63, 3.8) is 0 Å². The van der Waals surface area contributed by atoms with Gasteiger partial charge in [0.25, 0.3) is 0 Å². The monoisotopic (exact) mass is 221 g/mol. The SMILES string of the molecule is C#CCNCc1c(OC)nc2sccn12. The summed E-state index contributed by atoms with van der Waals surface area (Å²) in [4.78, 5) is 5.27. The maximum Gasteiger partial charge on any atom is 0.237 e. The molecule has 0 saturated carbocycles. The van der Waals surface area contributed by atoms with Crippen molar-refractivity contribution < 1.29 is 4.74 Å². The quantitative estimate of drug-likeness (QED) is 0.621. The molecule has 2 heterocycles. The van der Waals surface area contributed by atoms with E-state index in [0.717, 1.165) is 10.7 Å². The molecule has 0 aromatic carbocycles. The lowest BCUT2D eigenvalue weighted by atomic mass is 10.4. The number of nitrogens with zero attached hydrogens (tertiary/aromatic N) is 2. The summed E-state index contributed by atoms with van der Waals surface area (Å²) >= 11 is 1.58. The summed E-state index contributed by atoms with van der Waals surface area (Å²) in [6.45, 7) is 1.20. The van der Waals surface area contributed by atoms with Gasteiger partial charge in [0, 0.05) is 18.1 Å². The highest BCUT2D eigenvalue weighted by Crippen LogP contribution is 2.22. The van der Waals surface area contributed by atoms with E-state index in [4.69, 9.17) is 11.2 Å². The van der Waals surface area contributed by atoms with Gasteiger partial charge in [-0.25, -0.2) is 0 Å². The highest BCUT2D eigenvalue weighted by molar-refractivity contribution is 7.15. The molecule has 2 aromatic rings. The maximum atomic E-state index is 5.20. The first-order chi connectivity index (χ1) is 7.36. The molecule has 0 amide bonds. The maximum absolute atomic E-state index is 5.20. The zero-order chi connectivity index (χ0) is 10.7. The molecule has 2 aromatic heterocycles. The second-order valence-electron chi connectivity index (χ2n) is 2.93. The summed E-state index contributed by atoms with van der Waals surface area (Å²) in [7, 11) is 1.62. The van der Waals surface area contributed by atoms with E-state index in [1.54, 1.807) is 18.4 Å². The van der Waals surface area contributed by atoms with E-state index in [9.17, 15) is 0 Å². The van der Waals surface area contributed by atoms with Crippen molar-refractivity contribution in [2.24, 2.45) is 0 Å². The molecule has 1 N–H and O–H groups in total. The third kappa shape index (κ3) is 1.82. The summed E-state index contributed by atoms with van der Waals surface area (Å²) in [5.74, 6) is 3.19. The van der Waals surface area contributed by atoms with Crippen molar-refractivity contribution in [3.8, 4) is 18.2 Å². The first-order valence-corrected chi connectivity index (χ1v) is 5.37. The molecule has 0 bridgehead atoms. The first-order valence-electron chi connectivity index (χ1n) is 4.49. The molecular weight excluding hydrogens is 210 g/mol. The molecule has 0 radical (unpaired) electrons. The normalized spacial score (nSPS) is 10.4. The third-order valence-electron chi connectivity index (χ3n) is 2.04. The van der Waals surface area contributed by atoms with Gasteiger partial charge >= 0.3 is 0 Å². The number of hydrogen-bond acceptors (Lipinski definition) is 4. The van der Waals surface area contributed by atoms with Gasteiger partial charge in [0.2, 0.25) is 5.88 Å². The second-order valence-corrected chi connectivity index (χ2v) is 3.80. The van der Waals surface area contributed by atoms with Gasteiger partial charge in [-0.3, -0.25) is 4.40 Å². The van der Waals surface area contributed by atoms with E-state index < -0.39 is 0 Å². The van der Waals surface area contributed by atoms with Gasteiger partial charge in [0.05, 0.1) is 13.7 Å². The number of thiazole rings is 1. The topological polar surface area (TPSA) is 38.6 Å². The summed E-state index contributed by atoms with van der Waals surface area (Å²) < 4.78 is 7.21. The van der Waals surface area contributed by atoms with Crippen LogP contribution in [0.4, 0.5) is 0 Å². The first kappa shape index (κ1) is 10.0. The number of terminal acetylenes is 1. The van der Waals surface area contributed by atoms with E-state index >= 15 is 0 Å². The van der Waals surface area contributed by atoms with Crippen molar-refractivity contribution in [1.82, 2.24) is 14.7 Å². The van der Waals surface area contributed by atoms with Crippen molar-refractivity contribution >= 4 is 16.3 Å². The molecule has 0 aliphatic carbocycles. The molecule has 0 spiro atoms. The van der Waals surface area contributed by atoms with Crippen LogP contribution < -0.4 is 10.1 Å². The Hall–Kier alpha value is -1.51. The van der Waals surface area contributed by atoms with Gasteiger partial charge in [-0.2, -0.15) is 4.98 Å². The summed E-state index contributed by atoms with van der Waals surface area (Å²) in [6, 6.07) is 0. The predicted octanol–water partition coefficient (Wildman–Crippen LogP) is 1.13. The largest absolute Gasteiger partial charge is 0.480 e. The molecule has 0 aliphatic rings. The molecule has 0 unspecified atom stereocenters. The predicted molar refractivity (Wildman–Crippen MR) is 60.2 cm³/mol. The van der Waals surface area contributed by atoms with Gasteiger partial charge < -0.3 is 10.1 Å². The minimum Gasteiger partial charge on any atom is -0.480 e. The zero-order valence-electron chi connectivity index (χ0n) is 8.36. The molecule has 2 rings (SSSR count). The van der Waals surface area contributed by atoms with Gasteiger partial charge in [0.15, 0.2) is 4.96 Å². The second kappa shape index (κ2) is 4.34. The standard InChI is InChI=1S/C10H11N3OS/c1-3-4-11-7-8-9(14-2)12-10-13(8)5-6-15-10/h1,5-6,11H,4,7H2,2H3. The van der Waals surface area contributed by atoms with Crippen molar-refractivity contribution in [1.29, 1.82) is 0 Å². The van der Waals surface area contributed by atoms with Crippen LogP contribution in [-0.2, 0) is 6.54 Å². The van der Waals surface area contributed by atoms with Gasteiger partial charge in [-0.15, -0.1) is 17.8 Å². The minimum atomic E-state index is 0.542. The van der Waals surface area contributed by atoms with Crippen LogP contribution in [0.15, 0.2) is 11.6 Å². The summed E-state index contributed by atoms with van der Waals surface area (Å²) in [6.07, 6.45) is 7.14. The number of aromatic nitrogens is 2. The molecule has 0 atom stereocenters. The third-order valence-corrected chi connectivity index (χ3v) is 2.79. The summed E-state index contributed by atoms with van der Waals surface area (Å²) in [5, 5.41) is 5.11. The number of fused-ring (bicyclic) bond motifs is 1. The molecule has 0 aliphatic heterocycles. The molecule has 15 heavy (non-hydrogen) atoms. The van der Waals surface area contributed by atoms with Crippen LogP contribution in [0.2, 0.25) is 0 Å². The Morgan fingerprint density at radius 2 is 2.60 bits per heavy atom. The summed E-state index contributed by atoms with van der Waals surface area (Å²) in [5.41, 5.74) is 1.00. The number of imidazole rings is 1. The van der Waals surface area contributed by atoms with Crippen molar-refractivity contribution in [2.45, 2.75) is 6.54 Å². The van der Waals surface area contributed by atoms with Crippen LogP contribution in [0.25, 0.3) is 4.96 Å². The van der Waals surface area contributed by atoms with E-state index in [1.165, 1.54) is 0 Å². The van der Waals surface area contributed by atoms with Crippen molar-refractivity contribution in [3.05, 3.63) is 17.3 Å². The van der Waals surface area contributed by atoms with Gasteiger partial charge in [0.1, 0.15) is 5.69 Å². The Kier molecular flexibility index (Phi) is 2.90. The van der Waals surface area contributed by atoms with Crippen LogP contribution in [0.1, 0.15) is 5.69 Å². The Morgan fingerprint density at radius 1 is 1.73 bits per heavy atom. The van der Waals surface area contributed by atoms with Gasteiger partial charge in [-0.1, -0.05) is 5.92 Å². The lowest BCUT2D eigenvalue weighted by Crippen LogP contribution is -2.14. The van der Waals surface area contributed by atoms with Gasteiger partial charge in [-0.05, 0) is 0 Å². The Bertz CT molecular complexity index is 494. The lowest BCUT2D eigenvalue weighted by Gasteiger charge is -2.02. The smallest absolute Gasteiger partial charge is 0.237 e. The number of methoxy groups -OCH3 is 1. The number of nitrogens with one attached hydrogen (secondary N) is 1. The Balaban J connectivity index is 2.29. The number of hydrogen-bond donors (Lipinski definition) is 1. The fourth-order valence-electron chi connectivity index (χ4n) is 1.39. The fourth-order valence-corrected chi connectivity index (χ4v) is 2.11. The molecule has 4 nitrogen and oxygen atoms in total.